The standard InChI is InChI=1S/C13H18O2/c1-2-12(14)15-11-6-5-10-8-3-4-9(7-8)13(10)11/h5-6,8-11,13H,2-4,7H2,1H3. The number of hydrogen-bond acceptors (Lipinski definition) is 2. The van der Waals surface area contributed by atoms with E-state index in [9.17, 15) is 4.79 Å². The first kappa shape index (κ1) is 9.44. The average Bonchev–Trinajstić information content (AvgIpc) is 2.89. The molecule has 15 heavy (non-hydrogen) atoms. The van der Waals surface area contributed by atoms with E-state index in [0.29, 0.717) is 12.3 Å². The Labute approximate surface area is 90.7 Å². The third-order valence-electron chi connectivity index (χ3n) is 4.51. The van der Waals surface area contributed by atoms with Crippen LogP contribution in [-0.2, 0) is 9.53 Å². The number of fused-ring (bicyclic) bond motifs is 5. The van der Waals surface area contributed by atoms with Gasteiger partial charge in [-0.15, -0.1) is 0 Å². The molecule has 0 aliphatic heterocycles. The van der Waals surface area contributed by atoms with E-state index < -0.39 is 0 Å². The van der Waals surface area contributed by atoms with Gasteiger partial charge in [0.1, 0.15) is 6.10 Å². The lowest BCUT2D eigenvalue weighted by molar-refractivity contribution is -0.149. The highest BCUT2D eigenvalue weighted by Gasteiger charge is 2.52. The molecule has 2 nitrogen and oxygen atoms in total. The molecule has 5 unspecified atom stereocenters. The molecule has 2 bridgehead atoms. The van der Waals surface area contributed by atoms with E-state index in [-0.39, 0.29) is 12.1 Å². The first-order chi connectivity index (χ1) is 7.29. The van der Waals surface area contributed by atoms with Gasteiger partial charge in [-0.05, 0) is 43.1 Å². The molecule has 3 rings (SSSR count). The minimum atomic E-state index is -0.0481. The molecular formula is C13H18O2. The van der Waals surface area contributed by atoms with Crippen molar-refractivity contribution in [2.24, 2.45) is 23.7 Å². The van der Waals surface area contributed by atoms with Crippen molar-refractivity contribution in [3.8, 4) is 0 Å². The number of esters is 1. The van der Waals surface area contributed by atoms with Crippen LogP contribution in [0.4, 0.5) is 0 Å². The number of carbonyl (C=O) groups is 1. The van der Waals surface area contributed by atoms with Gasteiger partial charge in [0.05, 0.1) is 0 Å². The Morgan fingerprint density at radius 1 is 1.33 bits per heavy atom. The van der Waals surface area contributed by atoms with Crippen molar-refractivity contribution < 1.29 is 9.53 Å². The fourth-order valence-electron chi connectivity index (χ4n) is 3.87. The highest BCUT2D eigenvalue weighted by atomic mass is 16.5. The van der Waals surface area contributed by atoms with E-state index in [4.69, 9.17) is 4.74 Å². The summed E-state index contributed by atoms with van der Waals surface area (Å²) in [6, 6.07) is 0. The molecule has 82 valence electrons. The van der Waals surface area contributed by atoms with Gasteiger partial charge < -0.3 is 4.74 Å². The van der Waals surface area contributed by atoms with Crippen LogP contribution >= 0.6 is 0 Å². The van der Waals surface area contributed by atoms with Gasteiger partial charge in [0.2, 0.25) is 0 Å². The Morgan fingerprint density at radius 2 is 2.13 bits per heavy atom. The van der Waals surface area contributed by atoms with Gasteiger partial charge in [-0.25, -0.2) is 0 Å². The van der Waals surface area contributed by atoms with Crippen molar-refractivity contribution in [3.05, 3.63) is 12.2 Å². The zero-order valence-corrected chi connectivity index (χ0v) is 9.19. The Kier molecular flexibility index (Phi) is 2.11. The monoisotopic (exact) mass is 206 g/mol. The van der Waals surface area contributed by atoms with Gasteiger partial charge in [-0.1, -0.05) is 13.0 Å². The van der Waals surface area contributed by atoms with Crippen LogP contribution in [-0.4, -0.2) is 12.1 Å². The molecule has 0 N–H and O–H groups in total. The van der Waals surface area contributed by atoms with Crippen molar-refractivity contribution in [1.29, 1.82) is 0 Å². The van der Waals surface area contributed by atoms with Crippen LogP contribution in [0.2, 0.25) is 0 Å². The van der Waals surface area contributed by atoms with E-state index in [0.717, 1.165) is 17.8 Å². The summed E-state index contributed by atoms with van der Waals surface area (Å²) in [6.45, 7) is 1.86. The summed E-state index contributed by atoms with van der Waals surface area (Å²) < 4.78 is 5.50. The highest BCUT2D eigenvalue weighted by Crippen LogP contribution is 2.56. The van der Waals surface area contributed by atoms with E-state index in [2.05, 4.69) is 12.2 Å². The summed E-state index contributed by atoms with van der Waals surface area (Å²) in [5.74, 6) is 3.01. The van der Waals surface area contributed by atoms with Crippen molar-refractivity contribution >= 4 is 5.97 Å². The second kappa shape index (κ2) is 3.36. The second-order valence-electron chi connectivity index (χ2n) is 5.18. The zero-order chi connectivity index (χ0) is 10.4. The number of allylic oxidation sites excluding steroid dienone is 1. The summed E-state index contributed by atoms with van der Waals surface area (Å²) in [4.78, 5) is 11.3. The third-order valence-corrected chi connectivity index (χ3v) is 4.51. The summed E-state index contributed by atoms with van der Waals surface area (Å²) in [7, 11) is 0. The lowest BCUT2D eigenvalue weighted by atomic mass is 9.80. The van der Waals surface area contributed by atoms with Crippen LogP contribution in [0.3, 0.4) is 0 Å². The molecule has 3 aliphatic carbocycles. The zero-order valence-electron chi connectivity index (χ0n) is 9.19. The minimum Gasteiger partial charge on any atom is -0.458 e. The maximum Gasteiger partial charge on any atom is 0.306 e. The smallest absolute Gasteiger partial charge is 0.306 e. The number of rotatable bonds is 2. The average molecular weight is 206 g/mol. The maximum absolute atomic E-state index is 11.3. The molecule has 0 aromatic heterocycles. The van der Waals surface area contributed by atoms with Crippen molar-refractivity contribution in [3.63, 3.8) is 0 Å². The minimum absolute atomic E-state index is 0.0481. The van der Waals surface area contributed by atoms with Gasteiger partial charge in [0.25, 0.3) is 0 Å². The molecule has 0 aromatic carbocycles. The molecule has 0 aromatic rings. The Bertz CT molecular complexity index is 308. The highest BCUT2D eigenvalue weighted by molar-refractivity contribution is 5.69. The summed E-state index contributed by atoms with van der Waals surface area (Å²) in [5.41, 5.74) is 0. The predicted octanol–water partition coefficient (Wildman–Crippen LogP) is 2.54. The fraction of sp³-hybridized carbons (Fsp3) is 0.769. The van der Waals surface area contributed by atoms with E-state index in [1.165, 1.54) is 19.3 Å². The van der Waals surface area contributed by atoms with Gasteiger partial charge in [-0.3, -0.25) is 4.79 Å². The molecule has 0 amide bonds. The summed E-state index contributed by atoms with van der Waals surface area (Å²) in [6.07, 6.45) is 9.15. The second-order valence-corrected chi connectivity index (χ2v) is 5.18. The first-order valence-electron chi connectivity index (χ1n) is 6.17. The van der Waals surface area contributed by atoms with Crippen LogP contribution < -0.4 is 0 Å². The van der Waals surface area contributed by atoms with Crippen molar-refractivity contribution in [2.75, 3.05) is 0 Å². The van der Waals surface area contributed by atoms with Crippen LogP contribution in [0.1, 0.15) is 32.6 Å². The fourth-order valence-corrected chi connectivity index (χ4v) is 3.87. The molecule has 3 aliphatic rings. The van der Waals surface area contributed by atoms with E-state index in [1.807, 2.05) is 6.92 Å². The van der Waals surface area contributed by atoms with Crippen molar-refractivity contribution in [2.45, 2.75) is 38.7 Å². The van der Waals surface area contributed by atoms with Crippen molar-refractivity contribution in [1.82, 2.24) is 0 Å². The lowest BCUT2D eigenvalue weighted by Gasteiger charge is -2.28. The summed E-state index contributed by atoms with van der Waals surface area (Å²) in [5, 5.41) is 0. The summed E-state index contributed by atoms with van der Waals surface area (Å²) >= 11 is 0. The van der Waals surface area contributed by atoms with E-state index >= 15 is 0 Å². The van der Waals surface area contributed by atoms with Crippen LogP contribution in [0.15, 0.2) is 12.2 Å². The largest absolute Gasteiger partial charge is 0.458 e. The molecule has 0 saturated heterocycles. The Hall–Kier alpha value is -0.790. The van der Waals surface area contributed by atoms with Gasteiger partial charge in [0.15, 0.2) is 0 Å². The van der Waals surface area contributed by atoms with Gasteiger partial charge in [0, 0.05) is 12.3 Å². The molecular weight excluding hydrogens is 188 g/mol. The number of carbonyl (C=O) groups excluding carboxylic acids is 1. The van der Waals surface area contributed by atoms with Gasteiger partial charge in [-0.2, -0.15) is 0 Å². The SMILES string of the molecule is CCC(=O)OC1C=CC2C3CCC(C3)C12. The van der Waals surface area contributed by atoms with Gasteiger partial charge >= 0.3 is 5.97 Å². The Balaban J connectivity index is 1.72. The predicted molar refractivity (Wildman–Crippen MR) is 57.1 cm³/mol. The van der Waals surface area contributed by atoms with E-state index in [1.54, 1.807) is 0 Å². The topological polar surface area (TPSA) is 26.3 Å². The lowest BCUT2D eigenvalue weighted by Crippen LogP contribution is -2.30. The quantitative estimate of drug-likeness (QED) is 0.512. The molecule has 0 radical (unpaired) electrons. The molecule has 0 heterocycles. The third kappa shape index (κ3) is 1.34. The van der Waals surface area contributed by atoms with Crippen LogP contribution in [0.5, 0.6) is 0 Å². The normalized spacial score (nSPS) is 45.8. The molecule has 5 atom stereocenters. The molecule has 2 fully saturated rings. The molecule has 2 heteroatoms. The van der Waals surface area contributed by atoms with Crippen LogP contribution in [0, 0.1) is 23.7 Å². The molecule has 2 saturated carbocycles. The maximum atomic E-state index is 11.3. The Morgan fingerprint density at radius 3 is 2.93 bits per heavy atom. The first-order valence-corrected chi connectivity index (χ1v) is 6.17. The number of hydrogen-bond donors (Lipinski definition) is 0. The van der Waals surface area contributed by atoms with Crippen LogP contribution in [0.25, 0.3) is 0 Å². The molecule has 0 spiro atoms. The number of ether oxygens (including phenoxy) is 1.